The van der Waals surface area contributed by atoms with E-state index in [9.17, 15) is 0 Å². The van der Waals surface area contributed by atoms with Crippen molar-refractivity contribution in [1.29, 1.82) is 0 Å². The summed E-state index contributed by atoms with van der Waals surface area (Å²) >= 11 is 0. The van der Waals surface area contributed by atoms with Crippen molar-refractivity contribution in [2.24, 2.45) is 5.73 Å². The Balaban J connectivity index is 0.000000720. The van der Waals surface area contributed by atoms with Gasteiger partial charge in [0.05, 0.1) is 0 Å². The van der Waals surface area contributed by atoms with E-state index in [2.05, 4.69) is 10.1 Å². The first-order chi connectivity index (χ1) is 5.40. The average molecular weight is 221 g/mol. The van der Waals surface area contributed by atoms with Crippen LogP contribution in [-0.4, -0.2) is 14.6 Å². The van der Waals surface area contributed by atoms with Gasteiger partial charge in [0.2, 0.25) is 0 Å². The molecule has 0 spiro atoms. The predicted octanol–water partition coefficient (Wildman–Crippen LogP) is 1.03. The highest BCUT2D eigenvalue weighted by atomic mass is 35.5. The van der Waals surface area contributed by atoms with Crippen LogP contribution in [0, 0.1) is 0 Å². The molecule has 2 heterocycles. The summed E-state index contributed by atoms with van der Waals surface area (Å²) in [6, 6.07) is 3.86. The molecule has 0 aliphatic carbocycles. The third-order valence-electron chi connectivity index (χ3n) is 1.58. The number of nitrogens with zero attached hydrogens (tertiary/aromatic N) is 3. The van der Waals surface area contributed by atoms with Crippen LogP contribution in [0.3, 0.4) is 0 Å². The van der Waals surface area contributed by atoms with Crippen LogP contribution in [0.25, 0.3) is 5.65 Å². The lowest BCUT2D eigenvalue weighted by atomic mass is 10.3. The zero-order valence-electron chi connectivity index (χ0n) is 6.75. The molecule has 0 radical (unpaired) electrons. The van der Waals surface area contributed by atoms with Crippen molar-refractivity contribution in [3.63, 3.8) is 0 Å². The van der Waals surface area contributed by atoms with E-state index in [0.29, 0.717) is 6.54 Å². The van der Waals surface area contributed by atoms with Crippen LogP contribution in [0.1, 0.15) is 5.56 Å². The van der Waals surface area contributed by atoms with E-state index < -0.39 is 0 Å². The normalized spacial score (nSPS) is 9.00. The molecule has 2 rings (SSSR count). The Morgan fingerprint density at radius 3 is 2.85 bits per heavy atom. The number of halogens is 2. The van der Waals surface area contributed by atoms with Gasteiger partial charge >= 0.3 is 0 Å². The van der Waals surface area contributed by atoms with Gasteiger partial charge in [-0.2, -0.15) is 5.10 Å². The Hall–Kier alpha value is -0.840. The van der Waals surface area contributed by atoms with E-state index in [4.69, 9.17) is 5.73 Å². The Kier molecular flexibility index (Phi) is 4.69. The molecule has 2 aromatic rings. The highest BCUT2D eigenvalue weighted by Gasteiger charge is 1.94. The lowest BCUT2D eigenvalue weighted by Gasteiger charge is -1.94. The van der Waals surface area contributed by atoms with Gasteiger partial charge in [-0.1, -0.05) is 0 Å². The SMILES string of the molecule is Cl.Cl.NCc1ccn2ncnc2c1. The summed E-state index contributed by atoms with van der Waals surface area (Å²) in [7, 11) is 0. The third kappa shape index (κ3) is 2.30. The molecule has 2 N–H and O–H groups in total. The number of fused-ring (bicyclic) bond motifs is 1. The van der Waals surface area contributed by atoms with E-state index in [1.807, 2.05) is 18.3 Å². The average Bonchev–Trinajstić information content (AvgIpc) is 2.50. The van der Waals surface area contributed by atoms with Gasteiger partial charge in [-0.15, -0.1) is 24.8 Å². The molecule has 0 saturated carbocycles. The number of rotatable bonds is 1. The molecule has 0 aliphatic heterocycles. The summed E-state index contributed by atoms with van der Waals surface area (Å²) in [6.07, 6.45) is 3.38. The van der Waals surface area contributed by atoms with Gasteiger partial charge in [0.15, 0.2) is 5.65 Å². The monoisotopic (exact) mass is 220 g/mol. The van der Waals surface area contributed by atoms with Crippen LogP contribution < -0.4 is 5.73 Å². The van der Waals surface area contributed by atoms with Gasteiger partial charge in [-0.25, -0.2) is 9.50 Å². The van der Waals surface area contributed by atoms with Gasteiger partial charge in [0.1, 0.15) is 6.33 Å². The fraction of sp³-hybridized carbons (Fsp3) is 0.143. The number of hydrogen-bond donors (Lipinski definition) is 1. The Morgan fingerprint density at radius 1 is 1.38 bits per heavy atom. The highest BCUT2D eigenvalue weighted by Crippen LogP contribution is 2.01. The van der Waals surface area contributed by atoms with Crippen molar-refractivity contribution in [1.82, 2.24) is 14.6 Å². The maximum atomic E-state index is 5.45. The van der Waals surface area contributed by atoms with Crippen molar-refractivity contribution in [2.45, 2.75) is 6.54 Å². The maximum Gasteiger partial charge on any atom is 0.155 e. The molecule has 0 bridgehead atoms. The van der Waals surface area contributed by atoms with Gasteiger partial charge < -0.3 is 5.73 Å². The van der Waals surface area contributed by atoms with E-state index in [0.717, 1.165) is 11.2 Å². The molecule has 0 fully saturated rings. The second kappa shape index (κ2) is 5.01. The summed E-state index contributed by atoms with van der Waals surface area (Å²) in [5.74, 6) is 0. The topological polar surface area (TPSA) is 56.2 Å². The Morgan fingerprint density at radius 2 is 2.15 bits per heavy atom. The second-order valence-electron chi connectivity index (χ2n) is 2.30. The summed E-state index contributed by atoms with van der Waals surface area (Å²) in [6.45, 7) is 0.545. The molecule has 0 saturated heterocycles. The first-order valence-corrected chi connectivity index (χ1v) is 3.38. The van der Waals surface area contributed by atoms with E-state index >= 15 is 0 Å². The fourth-order valence-corrected chi connectivity index (χ4v) is 0.984. The quantitative estimate of drug-likeness (QED) is 0.782. The van der Waals surface area contributed by atoms with Crippen LogP contribution in [0.4, 0.5) is 0 Å². The molecule has 0 aliphatic rings. The molecule has 13 heavy (non-hydrogen) atoms. The third-order valence-corrected chi connectivity index (χ3v) is 1.58. The lowest BCUT2D eigenvalue weighted by molar-refractivity contribution is 0.947. The minimum Gasteiger partial charge on any atom is -0.326 e. The van der Waals surface area contributed by atoms with Crippen LogP contribution >= 0.6 is 24.8 Å². The molecule has 4 nitrogen and oxygen atoms in total. The Bertz CT molecular complexity index is 373. The van der Waals surface area contributed by atoms with E-state index in [1.54, 1.807) is 4.52 Å². The minimum absolute atomic E-state index is 0. The molecule has 2 aromatic heterocycles. The smallest absolute Gasteiger partial charge is 0.155 e. The fourth-order valence-electron chi connectivity index (χ4n) is 0.984. The zero-order chi connectivity index (χ0) is 7.68. The van der Waals surface area contributed by atoms with Crippen molar-refractivity contribution < 1.29 is 0 Å². The molecule has 0 atom stereocenters. The lowest BCUT2D eigenvalue weighted by Crippen LogP contribution is -1.97. The van der Waals surface area contributed by atoms with Crippen LogP contribution in [0.2, 0.25) is 0 Å². The number of pyridine rings is 1. The van der Waals surface area contributed by atoms with Gasteiger partial charge in [0.25, 0.3) is 0 Å². The van der Waals surface area contributed by atoms with Gasteiger partial charge in [-0.3, -0.25) is 0 Å². The molecule has 0 unspecified atom stereocenters. The summed E-state index contributed by atoms with van der Waals surface area (Å²) in [5.41, 5.74) is 7.37. The molecule has 72 valence electrons. The largest absolute Gasteiger partial charge is 0.326 e. The first kappa shape index (κ1) is 12.2. The molecular formula is C7H10Cl2N4. The maximum absolute atomic E-state index is 5.45. The number of nitrogens with two attached hydrogens (primary N) is 1. The summed E-state index contributed by atoms with van der Waals surface area (Å²) in [5, 5.41) is 3.96. The highest BCUT2D eigenvalue weighted by molar-refractivity contribution is 5.85. The van der Waals surface area contributed by atoms with Crippen LogP contribution in [0.5, 0.6) is 0 Å². The van der Waals surface area contributed by atoms with Gasteiger partial charge in [0, 0.05) is 12.7 Å². The zero-order valence-corrected chi connectivity index (χ0v) is 8.38. The van der Waals surface area contributed by atoms with Gasteiger partial charge in [-0.05, 0) is 17.7 Å². The standard InChI is InChI=1S/C7H8N4.2ClH/c8-4-6-1-2-11-7(3-6)9-5-10-11;;/h1-3,5H,4,8H2;2*1H. The van der Waals surface area contributed by atoms with Crippen LogP contribution in [0.15, 0.2) is 24.7 Å². The number of hydrogen-bond acceptors (Lipinski definition) is 3. The predicted molar refractivity (Wildman–Crippen MR) is 55.4 cm³/mol. The van der Waals surface area contributed by atoms with Crippen molar-refractivity contribution >= 4 is 30.5 Å². The van der Waals surface area contributed by atoms with Crippen molar-refractivity contribution in [3.05, 3.63) is 30.2 Å². The summed E-state index contributed by atoms with van der Waals surface area (Å²) < 4.78 is 1.71. The molecule has 6 heteroatoms. The second-order valence-corrected chi connectivity index (χ2v) is 2.30. The molecule has 0 amide bonds. The molecule has 0 aromatic carbocycles. The van der Waals surface area contributed by atoms with E-state index in [-0.39, 0.29) is 24.8 Å². The summed E-state index contributed by atoms with van der Waals surface area (Å²) in [4.78, 5) is 4.02. The number of aromatic nitrogens is 3. The first-order valence-electron chi connectivity index (χ1n) is 3.38. The van der Waals surface area contributed by atoms with Crippen LogP contribution in [-0.2, 0) is 6.54 Å². The van der Waals surface area contributed by atoms with Crippen molar-refractivity contribution in [3.8, 4) is 0 Å². The van der Waals surface area contributed by atoms with E-state index in [1.165, 1.54) is 6.33 Å². The van der Waals surface area contributed by atoms with Crippen molar-refractivity contribution in [2.75, 3.05) is 0 Å². The molecular weight excluding hydrogens is 211 g/mol. The Labute approximate surface area is 88.0 Å². The minimum atomic E-state index is 0.